The van der Waals surface area contributed by atoms with E-state index in [1.165, 1.54) is 22.2 Å². The molecule has 3 aromatic heterocycles. The molecule has 0 spiro atoms. The second-order valence-corrected chi connectivity index (χ2v) is 12.0. The van der Waals surface area contributed by atoms with Gasteiger partial charge in [0.2, 0.25) is 11.8 Å². The number of methoxy groups -OCH3 is 1. The van der Waals surface area contributed by atoms with E-state index in [2.05, 4.69) is 4.98 Å². The van der Waals surface area contributed by atoms with Gasteiger partial charge in [0.15, 0.2) is 0 Å². The van der Waals surface area contributed by atoms with Crippen molar-refractivity contribution in [3.63, 3.8) is 0 Å². The molecule has 2 aliphatic rings. The molecule has 6 rings (SSSR count). The van der Waals surface area contributed by atoms with Gasteiger partial charge in [-0.05, 0) is 50.2 Å². The molecule has 4 aromatic rings. The van der Waals surface area contributed by atoms with Gasteiger partial charge in [0.1, 0.15) is 22.9 Å². The number of benzene rings is 1. The van der Waals surface area contributed by atoms with Gasteiger partial charge in [-0.2, -0.15) is 0 Å². The van der Waals surface area contributed by atoms with E-state index >= 15 is 0 Å². The Morgan fingerprint density at radius 3 is 2.67 bits per heavy atom. The zero-order valence-corrected chi connectivity index (χ0v) is 24.4. The van der Waals surface area contributed by atoms with Crippen LogP contribution < -0.4 is 21.7 Å². The molecule has 1 aliphatic heterocycles. The Morgan fingerprint density at radius 1 is 1.21 bits per heavy atom. The van der Waals surface area contributed by atoms with Crippen molar-refractivity contribution < 1.29 is 23.4 Å². The Balaban J connectivity index is 1.49. The van der Waals surface area contributed by atoms with Crippen LogP contribution in [0, 0.1) is 12.8 Å². The monoisotopic (exact) mass is 594 g/mol. The summed E-state index contributed by atoms with van der Waals surface area (Å²) in [5.74, 6) is 0.715. The first kappa shape index (κ1) is 28.4. The van der Waals surface area contributed by atoms with Gasteiger partial charge in [-0.1, -0.05) is 18.2 Å². The van der Waals surface area contributed by atoms with Crippen LogP contribution in [0.1, 0.15) is 55.4 Å². The second-order valence-electron chi connectivity index (χ2n) is 11.0. The number of amides is 1. The number of para-hydroxylation sites is 1. The number of oxazole rings is 1. The van der Waals surface area contributed by atoms with Crippen molar-refractivity contribution in [1.82, 2.24) is 14.1 Å². The maximum atomic E-state index is 14.3. The summed E-state index contributed by atoms with van der Waals surface area (Å²) >= 11 is 1.31. The number of aromatic nitrogens is 3. The summed E-state index contributed by atoms with van der Waals surface area (Å²) in [6.45, 7) is 3.23. The van der Waals surface area contributed by atoms with E-state index in [1.54, 1.807) is 17.9 Å². The molecule has 0 unspecified atom stereocenters. The lowest BCUT2D eigenvalue weighted by atomic mass is 9.78. The van der Waals surface area contributed by atoms with Crippen molar-refractivity contribution >= 4 is 27.5 Å². The lowest BCUT2D eigenvalue weighted by molar-refractivity contribution is -0.119. The van der Waals surface area contributed by atoms with Crippen LogP contribution in [0.3, 0.4) is 0 Å². The Morgan fingerprint density at radius 2 is 1.98 bits per heavy atom. The number of nitrogens with zero attached hydrogens (tertiary/aromatic N) is 3. The largest absolute Gasteiger partial charge is 0.496 e. The third-order valence-electron chi connectivity index (χ3n) is 8.29. The lowest BCUT2D eigenvalue weighted by Gasteiger charge is -2.36. The third-order valence-corrected chi connectivity index (χ3v) is 9.60. The average molecular weight is 595 g/mol. The summed E-state index contributed by atoms with van der Waals surface area (Å²) in [6, 6.07) is 7.30. The maximum Gasteiger partial charge on any atom is 0.332 e. The van der Waals surface area contributed by atoms with Gasteiger partial charge < -0.3 is 24.4 Å². The SMILES string of the molecule is COc1ccccc1[C@H](Cn1c(=O)n(C2CC(CC(N)=O)C2)c(=O)c2c(C)c(-c3ncco3)sc21)OC1CCOCC1. The minimum Gasteiger partial charge on any atom is -0.496 e. The molecule has 1 aromatic carbocycles. The molecule has 1 amide bonds. The van der Waals surface area contributed by atoms with Crippen molar-refractivity contribution in [2.24, 2.45) is 11.7 Å². The molecule has 11 nitrogen and oxygen atoms in total. The van der Waals surface area contributed by atoms with Crippen molar-refractivity contribution in [2.75, 3.05) is 20.3 Å². The van der Waals surface area contributed by atoms with Gasteiger partial charge in [0, 0.05) is 31.2 Å². The van der Waals surface area contributed by atoms with E-state index in [0.29, 0.717) is 58.4 Å². The standard InChI is InChI=1S/C30H34N4O7S/c1-17-25-28(36)34(19-13-18(14-19)15-24(31)35)30(37)33(29(25)42-26(17)27-32-9-12-40-27)16-23(41-20-7-10-39-11-8-20)21-5-3-4-6-22(21)38-2/h3-6,9,12,18-20,23H,7-8,10-11,13-16H2,1-2H3,(H2,31,35)/t18?,19?,23-/m0/s1. The summed E-state index contributed by atoms with van der Waals surface area (Å²) in [5.41, 5.74) is 6.17. The number of carbonyl (C=O) groups is 1. The van der Waals surface area contributed by atoms with Gasteiger partial charge in [0.25, 0.3) is 5.56 Å². The van der Waals surface area contributed by atoms with E-state index in [0.717, 1.165) is 18.4 Å². The Kier molecular flexibility index (Phi) is 8.02. The zero-order chi connectivity index (χ0) is 29.4. The van der Waals surface area contributed by atoms with Gasteiger partial charge in [-0.25, -0.2) is 9.78 Å². The highest BCUT2D eigenvalue weighted by Gasteiger charge is 2.36. The van der Waals surface area contributed by atoms with Crippen LogP contribution in [-0.2, 0) is 20.8 Å². The van der Waals surface area contributed by atoms with E-state index in [4.69, 9.17) is 24.4 Å². The van der Waals surface area contributed by atoms with Crippen molar-refractivity contribution in [2.45, 2.75) is 63.8 Å². The van der Waals surface area contributed by atoms with Gasteiger partial charge in [-0.15, -0.1) is 11.3 Å². The highest BCUT2D eigenvalue weighted by atomic mass is 32.1. The summed E-state index contributed by atoms with van der Waals surface area (Å²) in [5, 5.41) is 0.455. The molecular weight excluding hydrogens is 560 g/mol. The molecule has 4 heterocycles. The molecule has 42 heavy (non-hydrogen) atoms. The minimum atomic E-state index is -0.535. The average Bonchev–Trinajstić information content (AvgIpc) is 3.62. The second kappa shape index (κ2) is 11.9. The fraction of sp³-hybridized carbons (Fsp3) is 0.467. The number of nitrogens with two attached hydrogens (primary N) is 1. The molecule has 12 heteroatoms. The first-order valence-electron chi connectivity index (χ1n) is 14.2. The fourth-order valence-corrected chi connectivity index (χ4v) is 7.35. The smallest absolute Gasteiger partial charge is 0.332 e. The van der Waals surface area contributed by atoms with Crippen LogP contribution in [-0.4, -0.2) is 46.5 Å². The molecule has 2 fully saturated rings. The molecule has 0 bridgehead atoms. The number of aryl methyl sites for hydroxylation is 1. The van der Waals surface area contributed by atoms with Crippen LogP contribution in [0.4, 0.5) is 0 Å². The van der Waals surface area contributed by atoms with E-state index in [9.17, 15) is 14.4 Å². The number of rotatable bonds is 10. The van der Waals surface area contributed by atoms with Crippen molar-refractivity contribution in [3.05, 3.63) is 68.7 Å². The Labute approximate surface area is 245 Å². The first-order chi connectivity index (χ1) is 20.4. The van der Waals surface area contributed by atoms with Gasteiger partial charge in [0.05, 0.1) is 36.2 Å². The molecule has 1 saturated carbocycles. The van der Waals surface area contributed by atoms with E-state index < -0.39 is 11.8 Å². The Hall–Kier alpha value is -3.74. The molecule has 222 valence electrons. The number of primary amides is 1. The lowest BCUT2D eigenvalue weighted by Crippen LogP contribution is -2.46. The molecule has 0 radical (unpaired) electrons. The number of ether oxygens (including phenoxy) is 3. The number of fused-ring (bicyclic) bond motifs is 1. The highest BCUT2D eigenvalue weighted by molar-refractivity contribution is 7.22. The van der Waals surface area contributed by atoms with Gasteiger partial charge in [-0.3, -0.25) is 18.7 Å². The first-order valence-corrected chi connectivity index (χ1v) is 15.0. The summed E-state index contributed by atoms with van der Waals surface area (Å²) in [6.07, 6.45) is 5.24. The minimum absolute atomic E-state index is 0.0487. The molecule has 1 aliphatic carbocycles. The highest BCUT2D eigenvalue weighted by Crippen LogP contribution is 2.41. The number of carbonyl (C=O) groups excluding carboxylic acids is 1. The predicted molar refractivity (Wildman–Crippen MR) is 157 cm³/mol. The predicted octanol–water partition coefficient (Wildman–Crippen LogP) is 3.96. The third kappa shape index (κ3) is 5.30. The van der Waals surface area contributed by atoms with Crippen LogP contribution in [0.5, 0.6) is 5.75 Å². The summed E-state index contributed by atoms with van der Waals surface area (Å²) in [7, 11) is 1.61. The van der Waals surface area contributed by atoms with E-state index in [1.807, 2.05) is 31.2 Å². The quantitative estimate of drug-likeness (QED) is 0.291. The Bertz CT molecular complexity index is 1690. The molecule has 2 N–H and O–H groups in total. The molecule has 1 saturated heterocycles. The number of hydrogen-bond donors (Lipinski definition) is 1. The van der Waals surface area contributed by atoms with Crippen LogP contribution >= 0.6 is 11.3 Å². The van der Waals surface area contributed by atoms with Crippen molar-refractivity contribution in [1.29, 1.82) is 0 Å². The normalized spacial score (nSPS) is 20.0. The van der Waals surface area contributed by atoms with Crippen LogP contribution in [0.2, 0.25) is 0 Å². The number of thiophene rings is 1. The van der Waals surface area contributed by atoms with Crippen LogP contribution in [0.15, 0.2) is 50.7 Å². The summed E-state index contributed by atoms with van der Waals surface area (Å²) in [4.78, 5) is 45.3. The molecular formula is C30H34N4O7S. The topological polar surface area (TPSA) is 141 Å². The van der Waals surface area contributed by atoms with Gasteiger partial charge >= 0.3 is 5.69 Å². The maximum absolute atomic E-state index is 14.3. The van der Waals surface area contributed by atoms with Crippen LogP contribution in [0.25, 0.3) is 21.0 Å². The fourth-order valence-electron chi connectivity index (χ4n) is 6.11. The number of hydrogen-bond acceptors (Lipinski definition) is 9. The molecule has 1 atom stereocenters. The zero-order valence-electron chi connectivity index (χ0n) is 23.6. The van der Waals surface area contributed by atoms with Crippen molar-refractivity contribution in [3.8, 4) is 16.5 Å². The summed E-state index contributed by atoms with van der Waals surface area (Å²) < 4.78 is 26.5. The van der Waals surface area contributed by atoms with E-state index in [-0.39, 0.29) is 42.5 Å².